The van der Waals surface area contributed by atoms with E-state index in [9.17, 15) is 28.3 Å². The van der Waals surface area contributed by atoms with Crippen LogP contribution >= 0.6 is 0 Å². The maximum absolute atomic E-state index is 13.5. The van der Waals surface area contributed by atoms with Gasteiger partial charge in [0.05, 0.1) is 6.42 Å². The first-order valence-electron chi connectivity index (χ1n) is 7.49. The molecule has 0 aromatic carbocycles. The van der Waals surface area contributed by atoms with E-state index in [2.05, 4.69) is 0 Å². The number of hydrazine groups is 1. The van der Waals surface area contributed by atoms with Gasteiger partial charge in [0.25, 0.3) is 0 Å². The largest absolute Gasteiger partial charge is 0.479 e. The molecule has 0 spiro atoms. The third-order valence-electron chi connectivity index (χ3n) is 2.46. The first kappa shape index (κ1) is 23.0. The summed E-state index contributed by atoms with van der Waals surface area (Å²) < 4.78 is 36.8. The van der Waals surface area contributed by atoms with Crippen LogP contribution in [0.4, 0.5) is 13.6 Å². The molecule has 0 aliphatic heterocycles. The molecule has 0 fully saturated rings. The molecule has 0 aromatic heterocycles. The lowest BCUT2D eigenvalue weighted by Gasteiger charge is -2.33. The Morgan fingerprint density at radius 2 is 1.36 bits per heavy atom. The second kappa shape index (κ2) is 7.51. The smallest absolute Gasteiger partial charge is 0.422 e. The summed E-state index contributed by atoms with van der Waals surface area (Å²) >= 11 is 0. The van der Waals surface area contributed by atoms with Crippen LogP contribution in [-0.4, -0.2) is 45.8 Å². The molecule has 10 heteroatoms. The molecule has 146 valence electrons. The van der Waals surface area contributed by atoms with Crippen molar-refractivity contribution >= 4 is 18.0 Å². The van der Waals surface area contributed by atoms with Crippen molar-refractivity contribution in [3.05, 3.63) is 0 Å². The fourth-order valence-electron chi connectivity index (χ4n) is 1.68. The molecule has 25 heavy (non-hydrogen) atoms. The number of hydrogen-bond donors (Lipinski definition) is 3. The van der Waals surface area contributed by atoms with Crippen molar-refractivity contribution in [3.8, 4) is 0 Å². The zero-order valence-electron chi connectivity index (χ0n) is 15.5. The number of carbonyl (C=O) groups excluding carboxylic acids is 2. The average molecular weight is 368 g/mol. The molecule has 0 aliphatic rings. The van der Waals surface area contributed by atoms with Gasteiger partial charge in [-0.2, -0.15) is 0 Å². The molecular weight excluding hydrogens is 342 g/mol. The summed E-state index contributed by atoms with van der Waals surface area (Å²) in [7, 11) is 0. The van der Waals surface area contributed by atoms with Gasteiger partial charge in [-0.1, -0.05) is 0 Å². The normalized spacial score (nSPS) is 15.1. The molecule has 0 aliphatic carbocycles. The molecule has 1 unspecified atom stereocenters. The van der Waals surface area contributed by atoms with Crippen LogP contribution in [0.15, 0.2) is 0 Å². The van der Waals surface area contributed by atoms with Crippen LogP contribution in [-0.2, 0) is 19.1 Å². The Morgan fingerprint density at radius 1 is 0.920 bits per heavy atom. The molecule has 0 bridgehead atoms. The van der Waals surface area contributed by atoms with Crippen LogP contribution in [0.3, 0.4) is 0 Å². The number of aliphatic carboxylic acids is 1. The highest BCUT2D eigenvalue weighted by atomic mass is 19.3. The van der Waals surface area contributed by atoms with Crippen molar-refractivity contribution < 1.29 is 37.7 Å². The van der Waals surface area contributed by atoms with Crippen LogP contribution in [0.5, 0.6) is 0 Å². The zero-order valence-corrected chi connectivity index (χ0v) is 15.5. The third kappa shape index (κ3) is 8.62. The second-order valence-electron chi connectivity index (χ2n) is 7.71. The van der Waals surface area contributed by atoms with Crippen LogP contribution in [0.2, 0.25) is 0 Å². The molecule has 0 aromatic rings. The Labute approximate surface area is 145 Å². The number of esters is 1. The van der Waals surface area contributed by atoms with Gasteiger partial charge in [0, 0.05) is 0 Å². The van der Waals surface area contributed by atoms with Gasteiger partial charge in [-0.15, -0.1) is 0 Å². The summed E-state index contributed by atoms with van der Waals surface area (Å²) in [6.07, 6.45) is -2.58. The van der Waals surface area contributed by atoms with Gasteiger partial charge in [-0.3, -0.25) is 5.43 Å². The number of hydrogen-bond acceptors (Lipinski definition) is 6. The molecule has 0 heterocycles. The van der Waals surface area contributed by atoms with E-state index >= 15 is 0 Å². The maximum Gasteiger partial charge on any atom is 0.422 e. The Morgan fingerprint density at radius 3 is 1.68 bits per heavy atom. The first-order chi connectivity index (χ1) is 10.9. The Balaban J connectivity index is 5.60. The Hall–Kier alpha value is -1.97. The SMILES string of the molecule is CC(F)(F)CC(NNC(=O)OC(C)(C)C)(C(=O)O)C(=O)OC(C)(C)C. The highest BCUT2D eigenvalue weighted by molar-refractivity contribution is 6.04. The number of nitrogens with one attached hydrogen (secondary N) is 2. The Bertz CT molecular complexity index is 520. The minimum atomic E-state index is -3.54. The van der Waals surface area contributed by atoms with Crippen molar-refractivity contribution in [2.75, 3.05) is 0 Å². The summed E-state index contributed by atoms with van der Waals surface area (Å²) in [4.78, 5) is 35.6. The predicted octanol–water partition coefficient (Wildman–Crippen LogP) is 2.23. The van der Waals surface area contributed by atoms with Gasteiger partial charge < -0.3 is 14.6 Å². The molecule has 1 atom stereocenters. The van der Waals surface area contributed by atoms with Crippen LogP contribution in [0.25, 0.3) is 0 Å². The molecule has 0 rings (SSSR count). The first-order valence-corrected chi connectivity index (χ1v) is 7.49. The lowest BCUT2D eigenvalue weighted by Crippen LogP contribution is -2.66. The van der Waals surface area contributed by atoms with Crippen LogP contribution < -0.4 is 10.9 Å². The van der Waals surface area contributed by atoms with Gasteiger partial charge in [-0.05, 0) is 48.5 Å². The van der Waals surface area contributed by atoms with E-state index in [0.717, 1.165) is 0 Å². The van der Waals surface area contributed by atoms with Crippen molar-refractivity contribution in [2.45, 2.75) is 77.6 Å². The lowest BCUT2D eigenvalue weighted by atomic mass is 9.92. The summed E-state index contributed by atoms with van der Waals surface area (Å²) in [6.45, 7) is 9.43. The van der Waals surface area contributed by atoms with Gasteiger partial charge in [-0.25, -0.2) is 28.6 Å². The van der Waals surface area contributed by atoms with E-state index < -0.39 is 47.1 Å². The molecule has 0 saturated heterocycles. The monoisotopic (exact) mass is 368 g/mol. The number of ether oxygens (including phenoxy) is 2. The molecule has 8 nitrogen and oxygen atoms in total. The van der Waals surface area contributed by atoms with Gasteiger partial charge >= 0.3 is 18.0 Å². The van der Waals surface area contributed by atoms with Gasteiger partial charge in [0.2, 0.25) is 11.5 Å². The topological polar surface area (TPSA) is 114 Å². The van der Waals surface area contributed by atoms with Gasteiger partial charge in [0.15, 0.2) is 0 Å². The fraction of sp³-hybridized carbons (Fsp3) is 0.800. The van der Waals surface area contributed by atoms with Crippen molar-refractivity contribution in [3.63, 3.8) is 0 Å². The number of amides is 1. The standard InChI is InChI=1S/C15H26F2N2O6/c1-12(2,3)24-10(22)15(9(20)21,8-14(7,16)17)19-18-11(23)25-13(4,5)6/h19H,8H2,1-7H3,(H,18,23)(H,20,21). The molecule has 0 radical (unpaired) electrons. The van der Waals surface area contributed by atoms with Crippen LogP contribution in [0.1, 0.15) is 54.9 Å². The summed E-state index contributed by atoms with van der Waals surface area (Å²) in [5.74, 6) is -6.94. The van der Waals surface area contributed by atoms with E-state index in [1.807, 2.05) is 10.9 Å². The van der Waals surface area contributed by atoms with E-state index in [4.69, 9.17) is 9.47 Å². The quantitative estimate of drug-likeness (QED) is 0.374. The van der Waals surface area contributed by atoms with Crippen molar-refractivity contribution in [1.29, 1.82) is 0 Å². The van der Waals surface area contributed by atoms with Crippen molar-refractivity contribution in [2.24, 2.45) is 0 Å². The average Bonchev–Trinajstić information content (AvgIpc) is 2.28. The molecule has 1 amide bonds. The highest BCUT2D eigenvalue weighted by Crippen LogP contribution is 2.28. The summed E-state index contributed by atoms with van der Waals surface area (Å²) in [5.41, 5.74) is -1.27. The zero-order chi connectivity index (χ0) is 20.3. The van der Waals surface area contributed by atoms with E-state index in [1.165, 1.54) is 20.8 Å². The number of alkyl halides is 2. The van der Waals surface area contributed by atoms with Crippen molar-refractivity contribution in [1.82, 2.24) is 10.9 Å². The minimum absolute atomic E-state index is 0.449. The van der Waals surface area contributed by atoms with E-state index in [-0.39, 0.29) is 0 Å². The number of halogens is 2. The van der Waals surface area contributed by atoms with Gasteiger partial charge in [0.1, 0.15) is 11.2 Å². The summed E-state index contributed by atoms with van der Waals surface area (Å²) in [6, 6.07) is 0. The maximum atomic E-state index is 13.5. The predicted molar refractivity (Wildman–Crippen MR) is 84.0 cm³/mol. The number of rotatable bonds is 6. The van der Waals surface area contributed by atoms with Crippen LogP contribution in [0, 0.1) is 0 Å². The fourth-order valence-corrected chi connectivity index (χ4v) is 1.68. The summed E-state index contributed by atoms with van der Waals surface area (Å²) in [5, 5.41) is 9.41. The lowest BCUT2D eigenvalue weighted by molar-refractivity contribution is -0.177. The third-order valence-corrected chi connectivity index (χ3v) is 2.46. The highest BCUT2D eigenvalue weighted by Gasteiger charge is 2.54. The number of carbonyl (C=O) groups is 3. The van der Waals surface area contributed by atoms with E-state index in [1.54, 1.807) is 20.8 Å². The molecule has 3 N–H and O–H groups in total. The molecular formula is C15H26F2N2O6. The number of carboxylic acid groups (broad SMARTS) is 1. The second-order valence-corrected chi connectivity index (χ2v) is 7.71. The number of carboxylic acids is 1. The minimum Gasteiger partial charge on any atom is -0.479 e. The molecule has 0 saturated carbocycles. The van der Waals surface area contributed by atoms with E-state index in [0.29, 0.717) is 6.92 Å². The Kier molecular flexibility index (Phi) is 6.91.